The largest absolute Gasteiger partial charge is 0.476 e. The molecule has 0 bridgehead atoms. The lowest BCUT2D eigenvalue weighted by Crippen LogP contribution is -2.45. The van der Waals surface area contributed by atoms with Gasteiger partial charge in [0.25, 0.3) is 5.91 Å². The molecule has 3 rings (SSSR count). The highest BCUT2D eigenvalue weighted by Crippen LogP contribution is 2.36. The molecule has 1 aliphatic heterocycles. The molecule has 0 unspecified atom stereocenters. The lowest BCUT2D eigenvalue weighted by atomic mass is 10.0. The summed E-state index contributed by atoms with van der Waals surface area (Å²) in [4.78, 5) is 16.5. The van der Waals surface area contributed by atoms with Crippen LogP contribution in [-0.4, -0.2) is 16.5 Å². The van der Waals surface area contributed by atoms with E-state index in [1.54, 1.807) is 25.2 Å². The van der Waals surface area contributed by atoms with E-state index in [2.05, 4.69) is 17.2 Å². The number of carbonyl (C=O) groups excluding carboxylic acids is 1. The Morgan fingerprint density at radius 3 is 2.90 bits per heavy atom. The van der Waals surface area contributed by atoms with Gasteiger partial charge in [-0.1, -0.05) is 6.92 Å². The van der Waals surface area contributed by atoms with Crippen molar-refractivity contribution in [3.8, 4) is 17.0 Å². The summed E-state index contributed by atoms with van der Waals surface area (Å²) < 4.78 is 5.72. The second kappa shape index (κ2) is 4.59. The molecule has 1 amide bonds. The highest BCUT2D eigenvalue weighted by Gasteiger charge is 2.35. The Balaban J connectivity index is 1.98. The Bertz CT molecular complexity index is 676. The highest BCUT2D eigenvalue weighted by molar-refractivity contribution is 7.09. The van der Waals surface area contributed by atoms with Crippen LogP contribution in [0, 0.1) is 0 Å². The zero-order valence-electron chi connectivity index (χ0n) is 11.7. The number of anilines is 1. The van der Waals surface area contributed by atoms with Crippen molar-refractivity contribution in [2.45, 2.75) is 32.8 Å². The lowest BCUT2D eigenvalue weighted by Gasteiger charge is -2.31. The average molecular weight is 288 g/mol. The number of benzene rings is 1. The summed E-state index contributed by atoms with van der Waals surface area (Å²) >= 11 is 1.65. The molecule has 0 fully saturated rings. The maximum atomic E-state index is 11.9. The molecule has 0 saturated heterocycles. The van der Waals surface area contributed by atoms with Gasteiger partial charge in [0.1, 0.15) is 5.75 Å². The molecule has 5 heteroatoms. The lowest BCUT2D eigenvalue weighted by molar-refractivity contribution is -0.129. The van der Waals surface area contributed by atoms with Crippen LogP contribution in [0.25, 0.3) is 11.3 Å². The van der Waals surface area contributed by atoms with E-state index < -0.39 is 5.60 Å². The predicted molar refractivity (Wildman–Crippen MR) is 80.3 cm³/mol. The molecule has 4 nitrogen and oxygen atoms in total. The molecular formula is C15H16N2O2S. The van der Waals surface area contributed by atoms with Gasteiger partial charge >= 0.3 is 0 Å². The van der Waals surface area contributed by atoms with E-state index in [1.807, 2.05) is 23.6 Å². The average Bonchev–Trinajstić information content (AvgIpc) is 2.88. The van der Waals surface area contributed by atoms with Gasteiger partial charge in [-0.15, -0.1) is 11.3 Å². The minimum absolute atomic E-state index is 0.130. The molecule has 1 N–H and O–H groups in total. The summed E-state index contributed by atoms with van der Waals surface area (Å²) in [6, 6.07) is 5.77. The molecule has 1 aliphatic rings. The van der Waals surface area contributed by atoms with E-state index in [0.717, 1.165) is 22.7 Å². The fourth-order valence-electron chi connectivity index (χ4n) is 2.08. The minimum Gasteiger partial charge on any atom is -0.476 e. The Morgan fingerprint density at radius 2 is 2.20 bits per heavy atom. The second-order valence-electron chi connectivity index (χ2n) is 5.26. The summed E-state index contributed by atoms with van der Waals surface area (Å²) in [5, 5.41) is 6.04. The molecule has 0 atom stereocenters. The van der Waals surface area contributed by atoms with Crippen LogP contribution >= 0.6 is 11.3 Å². The van der Waals surface area contributed by atoms with Crippen molar-refractivity contribution in [2.24, 2.45) is 0 Å². The third-order valence-corrected chi connectivity index (χ3v) is 4.28. The van der Waals surface area contributed by atoms with Gasteiger partial charge in [0.2, 0.25) is 0 Å². The first-order valence-corrected chi connectivity index (χ1v) is 7.47. The topological polar surface area (TPSA) is 51.2 Å². The number of thiazole rings is 1. The molecule has 0 aliphatic carbocycles. The van der Waals surface area contributed by atoms with Gasteiger partial charge < -0.3 is 10.1 Å². The molecule has 2 heterocycles. The molecule has 1 aromatic carbocycles. The number of carbonyl (C=O) groups is 1. The maximum Gasteiger partial charge on any atom is 0.268 e. The van der Waals surface area contributed by atoms with E-state index in [4.69, 9.17) is 4.74 Å². The first kappa shape index (κ1) is 13.1. The van der Waals surface area contributed by atoms with Crippen LogP contribution in [0.4, 0.5) is 5.69 Å². The van der Waals surface area contributed by atoms with Crippen LogP contribution in [0.3, 0.4) is 0 Å². The zero-order valence-corrected chi connectivity index (χ0v) is 12.5. The van der Waals surface area contributed by atoms with Crippen LogP contribution in [-0.2, 0) is 11.2 Å². The normalized spacial score (nSPS) is 16.2. The fourth-order valence-corrected chi connectivity index (χ4v) is 2.83. The van der Waals surface area contributed by atoms with E-state index in [-0.39, 0.29) is 5.91 Å². The van der Waals surface area contributed by atoms with Gasteiger partial charge in [0.05, 0.1) is 16.4 Å². The second-order valence-corrected chi connectivity index (χ2v) is 6.20. The summed E-state index contributed by atoms with van der Waals surface area (Å²) in [6.07, 6.45) is 0.934. The standard InChI is InChI=1S/C15H16N2O2S/c1-4-13-16-11(8-20-13)9-5-6-12-10(7-9)17-14(18)15(2,3)19-12/h5-8H,4H2,1-3H3,(H,17,18). The quantitative estimate of drug-likeness (QED) is 0.920. The first-order chi connectivity index (χ1) is 9.49. The van der Waals surface area contributed by atoms with Crippen molar-refractivity contribution in [3.63, 3.8) is 0 Å². The molecule has 2 aromatic rings. The van der Waals surface area contributed by atoms with Crippen molar-refractivity contribution in [2.75, 3.05) is 5.32 Å². The number of nitrogens with one attached hydrogen (secondary N) is 1. The Labute approximate surface area is 121 Å². The van der Waals surface area contributed by atoms with E-state index >= 15 is 0 Å². The Hall–Kier alpha value is -1.88. The third-order valence-electron chi connectivity index (χ3n) is 3.29. The van der Waals surface area contributed by atoms with Crippen LogP contribution in [0.2, 0.25) is 0 Å². The van der Waals surface area contributed by atoms with Crippen molar-refractivity contribution < 1.29 is 9.53 Å². The van der Waals surface area contributed by atoms with Crippen LogP contribution in [0.5, 0.6) is 5.75 Å². The van der Waals surface area contributed by atoms with Gasteiger partial charge in [-0.3, -0.25) is 4.79 Å². The smallest absolute Gasteiger partial charge is 0.268 e. The van der Waals surface area contributed by atoms with Gasteiger partial charge in [0, 0.05) is 10.9 Å². The molecule has 0 spiro atoms. The van der Waals surface area contributed by atoms with Crippen molar-refractivity contribution in [1.29, 1.82) is 0 Å². The van der Waals surface area contributed by atoms with Gasteiger partial charge in [0.15, 0.2) is 5.60 Å². The number of hydrogen-bond acceptors (Lipinski definition) is 4. The predicted octanol–water partition coefficient (Wildman–Crippen LogP) is 3.48. The maximum absolute atomic E-state index is 11.9. The number of nitrogens with zero attached hydrogens (tertiary/aromatic N) is 1. The molecule has 20 heavy (non-hydrogen) atoms. The third kappa shape index (κ3) is 2.18. The SMILES string of the molecule is CCc1nc(-c2ccc3c(c2)NC(=O)C(C)(C)O3)cs1. The minimum atomic E-state index is -0.829. The molecule has 0 saturated carbocycles. The van der Waals surface area contributed by atoms with Gasteiger partial charge in [-0.2, -0.15) is 0 Å². The number of fused-ring (bicyclic) bond motifs is 1. The number of aryl methyl sites for hydroxylation is 1. The number of rotatable bonds is 2. The van der Waals surface area contributed by atoms with E-state index in [1.165, 1.54) is 0 Å². The number of hydrogen-bond donors (Lipinski definition) is 1. The summed E-state index contributed by atoms with van der Waals surface area (Å²) in [7, 11) is 0. The van der Waals surface area contributed by atoms with Crippen LogP contribution in [0.1, 0.15) is 25.8 Å². The summed E-state index contributed by atoms with van der Waals surface area (Å²) in [5.41, 5.74) is 1.81. The van der Waals surface area contributed by atoms with E-state index in [0.29, 0.717) is 11.4 Å². The highest BCUT2D eigenvalue weighted by atomic mass is 32.1. The molecular weight excluding hydrogens is 272 g/mol. The van der Waals surface area contributed by atoms with Gasteiger partial charge in [-0.05, 0) is 38.5 Å². The van der Waals surface area contributed by atoms with Crippen molar-refractivity contribution in [3.05, 3.63) is 28.6 Å². The van der Waals surface area contributed by atoms with Crippen LogP contribution in [0.15, 0.2) is 23.6 Å². The van der Waals surface area contributed by atoms with Gasteiger partial charge in [-0.25, -0.2) is 4.98 Å². The number of amides is 1. The first-order valence-electron chi connectivity index (χ1n) is 6.59. The van der Waals surface area contributed by atoms with Crippen molar-refractivity contribution >= 4 is 22.9 Å². The molecule has 0 radical (unpaired) electrons. The molecule has 104 valence electrons. The zero-order chi connectivity index (χ0) is 14.3. The Kier molecular flexibility index (Phi) is 3.01. The van der Waals surface area contributed by atoms with Crippen molar-refractivity contribution in [1.82, 2.24) is 4.98 Å². The van der Waals surface area contributed by atoms with Crippen LogP contribution < -0.4 is 10.1 Å². The monoisotopic (exact) mass is 288 g/mol. The summed E-state index contributed by atoms with van der Waals surface area (Å²) in [6.45, 7) is 5.60. The number of aromatic nitrogens is 1. The summed E-state index contributed by atoms with van der Waals surface area (Å²) in [5.74, 6) is 0.568. The number of ether oxygens (including phenoxy) is 1. The van der Waals surface area contributed by atoms with E-state index in [9.17, 15) is 4.79 Å². The fraction of sp³-hybridized carbons (Fsp3) is 0.333. The molecule has 1 aromatic heterocycles. The Morgan fingerprint density at radius 1 is 1.40 bits per heavy atom.